The molecule has 0 atom stereocenters. The lowest BCUT2D eigenvalue weighted by molar-refractivity contribution is -0.131. The molecule has 6 heteroatoms. The van der Waals surface area contributed by atoms with E-state index in [1.165, 1.54) is 5.01 Å². The second-order valence-electron chi connectivity index (χ2n) is 5.62. The van der Waals surface area contributed by atoms with E-state index in [1.807, 2.05) is 46.8 Å². The Bertz CT molecular complexity index is 594. The molecule has 23 heavy (non-hydrogen) atoms. The molecule has 0 bridgehead atoms. The van der Waals surface area contributed by atoms with Crippen LogP contribution < -0.4 is 5.32 Å². The monoisotopic (exact) mass is 330 g/mol. The quantitative estimate of drug-likeness (QED) is 0.879. The maximum absolute atomic E-state index is 12.3. The van der Waals surface area contributed by atoms with Crippen LogP contribution in [0.1, 0.15) is 5.01 Å². The van der Waals surface area contributed by atoms with Crippen LogP contribution >= 0.6 is 11.3 Å². The number of piperazine rings is 1. The molecule has 0 unspecified atom stereocenters. The highest BCUT2D eigenvalue weighted by Gasteiger charge is 2.20. The van der Waals surface area contributed by atoms with Crippen molar-refractivity contribution in [2.75, 3.05) is 44.6 Å². The van der Waals surface area contributed by atoms with Crippen molar-refractivity contribution in [3.8, 4) is 0 Å². The lowest BCUT2D eigenvalue weighted by Gasteiger charge is -2.34. The van der Waals surface area contributed by atoms with Gasteiger partial charge in [-0.05, 0) is 12.1 Å². The van der Waals surface area contributed by atoms with Gasteiger partial charge in [-0.2, -0.15) is 0 Å². The SMILES string of the molecule is O=C(CNc1ccccc1)N1CCN(CCc2nccs2)CC1. The van der Waals surface area contributed by atoms with Gasteiger partial charge in [0, 0.05) is 56.4 Å². The number of carbonyl (C=O) groups excluding carboxylic acids is 1. The van der Waals surface area contributed by atoms with Gasteiger partial charge in [0.2, 0.25) is 5.91 Å². The van der Waals surface area contributed by atoms with Gasteiger partial charge in [-0.15, -0.1) is 11.3 Å². The molecule has 2 heterocycles. The first-order valence-electron chi connectivity index (χ1n) is 7.99. The van der Waals surface area contributed by atoms with Gasteiger partial charge in [-0.3, -0.25) is 9.69 Å². The number of hydrogen-bond donors (Lipinski definition) is 1. The van der Waals surface area contributed by atoms with Crippen molar-refractivity contribution in [2.45, 2.75) is 6.42 Å². The van der Waals surface area contributed by atoms with Crippen LogP contribution in [0.4, 0.5) is 5.69 Å². The topological polar surface area (TPSA) is 48.5 Å². The molecule has 1 saturated heterocycles. The Labute approximate surface area is 140 Å². The molecule has 0 radical (unpaired) electrons. The summed E-state index contributed by atoms with van der Waals surface area (Å²) in [6.45, 7) is 4.91. The van der Waals surface area contributed by atoms with Gasteiger partial charge in [0.25, 0.3) is 0 Å². The first-order chi connectivity index (χ1) is 11.3. The fourth-order valence-corrected chi connectivity index (χ4v) is 3.31. The molecule has 3 rings (SSSR count). The Morgan fingerprint density at radius 3 is 2.65 bits per heavy atom. The van der Waals surface area contributed by atoms with E-state index in [2.05, 4.69) is 15.2 Å². The van der Waals surface area contributed by atoms with Gasteiger partial charge in [0.1, 0.15) is 0 Å². The predicted molar refractivity (Wildman–Crippen MR) is 93.8 cm³/mol. The molecule has 122 valence electrons. The normalized spacial score (nSPS) is 15.6. The van der Waals surface area contributed by atoms with Crippen molar-refractivity contribution in [2.24, 2.45) is 0 Å². The molecule has 1 aliphatic heterocycles. The van der Waals surface area contributed by atoms with E-state index in [9.17, 15) is 4.79 Å². The summed E-state index contributed by atoms with van der Waals surface area (Å²) in [6.07, 6.45) is 2.86. The van der Waals surface area contributed by atoms with Gasteiger partial charge >= 0.3 is 0 Å². The number of rotatable bonds is 6. The summed E-state index contributed by atoms with van der Waals surface area (Å²) in [5.74, 6) is 0.174. The van der Waals surface area contributed by atoms with Crippen LogP contribution in [0.25, 0.3) is 0 Å². The maximum Gasteiger partial charge on any atom is 0.241 e. The number of aromatic nitrogens is 1. The molecule has 1 aromatic carbocycles. The smallest absolute Gasteiger partial charge is 0.241 e. The van der Waals surface area contributed by atoms with E-state index in [-0.39, 0.29) is 5.91 Å². The highest BCUT2D eigenvalue weighted by Crippen LogP contribution is 2.09. The van der Waals surface area contributed by atoms with Crippen LogP contribution in [0.2, 0.25) is 0 Å². The van der Waals surface area contributed by atoms with E-state index in [1.54, 1.807) is 11.3 Å². The molecule has 5 nitrogen and oxygen atoms in total. The van der Waals surface area contributed by atoms with Crippen LogP contribution in [-0.4, -0.2) is 60.0 Å². The van der Waals surface area contributed by atoms with Crippen LogP contribution in [0.5, 0.6) is 0 Å². The van der Waals surface area contributed by atoms with Crippen LogP contribution in [0.15, 0.2) is 41.9 Å². The molecule has 0 spiro atoms. The Hall–Kier alpha value is -1.92. The van der Waals surface area contributed by atoms with Crippen LogP contribution in [0, 0.1) is 0 Å². The van der Waals surface area contributed by atoms with Crippen LogP contribution in [-0.2, 0) is 11.2 Å². The zero-order valence-electron chi connectivity index (χ0n) is 13.1. The first kappa shape index (κ1) is 16.0. The van der Waals surface area contributed by atoms with E-state index in [0.29, 0.717) is 6.54 Å². The number of hydrogen-bond acceptors (Lipinski definition) is 5. The summed E-state index contributed by atoms with van der Waals surface area (Å²) in [5.41, 5.74) is 0.989. The first-order valence-corrected chi connectivity index (χ1v) is 8.86. The van der Waals surface area contributed by atoms with E-state index < -0.39 is 0 Å². The van der Waals surface area contributed by atoms with Gasteiger partial charge < -0.3 is 10.2 Å². The molecule has 1 aliphatic rings. The zero-order chi connectivity index (χ0) is 15.9. The molecule has 1 amide bonds. The van der Waals surface area contributed by atoms with Gasteiger partial charge in [0.15, 0.2) is 0 Å². The summed E-state index contributed by atoms with van der Waals surface area (Å²) < 4.78 is 0. The molecule has 2 aromatic rings. The summed E-state index contributed by atoms with van der Waals surface area (Å²) in [6, 6.07) is 9.85. The van der Waals surface area contributed by atoms with E-state index in [0.717, 1.165) is 44.8 Å². The number of amides is 1. The number of benzene rings is 1. The summed E-state index contributed by atoms with van der Waals surface area (Å²) in [7, 11) is 0. The highest BCUT2D eigenvalue weighted by atomic mass is 32.1. The lowest BCUT2D eigenvalue weighted by Crippen LogP contribution is -2.50. The Kier molecular flexibility index (Phi) is 5.60. The van der Waals surface area contributed by atoms with E-state index in [4.69, 9.17) is 0 Å². The Morgan fingerprint density at radius 2 is 1.96 bits per heavy atom. The minimum absolute atomic E-state index is 0.174. The van der Waals surface area contributed by atoms with E-state index >= 15 is 0 Å². The third-order valence-corrected chi connectivity index (χ3v) is 4.91. The van der Waals surface area contributed by atoms with Crippen molar-refractivity contribution in [1.29, 1.82) is 0 Å². The van der Waals surface area contributed by atoms with Gasteiger partial charge in [-0.1, -0.05) is 18.2 Å². The van der Waals surface area contributed by atoms with Crippen molar-refractivity contribution in [1.82, 2.24) is 14.8 Å². The van der Waals surface area contributed by atoms with Gasteiger partial charge in [0.05, 0.1) is 11.6 Å². The number of para-hydroxylation sites is 1. The highest BCUT2D eigenvalue weighted by molar-refractivity contribution is 7.09. The molecule has 1 fully saturated rings. The maximum atomic E-state index is 12.3. The average Bonchev–Trinajstić information content (AvgIpc) is 3.13. The average molecular weight is 330 g/mol. The number of nitrogens with one attached hydrogen (secondary N) is 1. The molecule has 0 aliphatic carbocycles. The Morgan fingerprint density at radius 1 is 1.17 bits per heavy atom. The third-order valence-electron chi connectivity index (χ3n) is 4.07. The minimum atomic E-state index is 0.174. The molecule has 1 aromatic heterocycles. The molecule has 1 N–H and O–H groups in total. The van der Waals surface area contributed by atoms with Crippen molar-refractivity contribution >= 4 is 22.9 Å². The molecule has 0 saturated carbocycles. The second kappa shape index (κ2) is 8.08. The van der Waals surface area contributed by atoms with Gasteiger partial charge in [-0.25, -0.2) is 4.98 Å². The fourth-order valence-electron chi connectivity index (χ4n) is 2.70. The van der Waals surface area contributed by atoms with Crippen LogP contribution in [0.3, 0.4) is 0 Å². The summed E-state index contributed by atoms with van der Waals surface area (Å²) in [4.78, 5) is 20.9. The zero-order valence-corrected chi connectivity index (χ0v) is 14.0. The number of thiazole rings is 1. The standard InChI is InChI=1S/C17H22N4OS/c22-17(14-19-15-4-2-1-3-5-15)21-11-9-20(10-12-21)8-6-16-18-7-13-23-16/h1-5,7,13,19H,6,8-12,14H2. The van der Waals surface area contributed by atoms with Crippen molar-refractivity contribution in [3.63, 3.8) is 0 Å². The summed E-state index contributed by atoms with van der Waals surface area (Å²) >= 11 is 1.71. The number of carbonyl (C=O) groups is 1. The van der Waals surface area contributed by atoms with Crippen molar-refractivity contribution < 1.29 is 4.79 Å². The second-order valence-corrected chi connectivity index (χ2v) is 6.60. The summed E-state index contributed by atoms with van der Waals surface area (Å²) in [5, 5.41) is 6.39. The number of nitrogens with zero attached hydrogens (tertiary/aromatic N) is 3. The molecular weight excluding hydrogens is 308 g/mol. The third kappa shape index (κ3) is 4.77. The largest absolute Gasteiger partial charge is 0.376 e. The number of anilines is 1. The predicted octanol–water partition coefficient (Wildman–Crippen LogP) is 1.94. The van der Waals surface area contributed by atoms with Crippen molar-refractivity contribution in [3.05, 3.63) is 46.9 Å². The fraction of sp³-hybridized carbons (Fsp3) is 0.412. The molecular formula is C17H22N4OS. The minimum Gasteiger partial charge on any atom is -0.376 e. The lowest BCUT2D eigenvalue weighted by atomic mass is 10.2. The Balaban J connectivity index is 1.37.